The molecule has 6 nitrogen and oxygen atoms in total. The van der Waals surface area contributed by atoms with E-state index in [1.54, 1.807) is 4.57 Å². The van der Waals surface area contributed by atoms with E-state index in [9.17, 15) is 9.59 Å². The molecule has 0 saturated carbocycles. The number of nitrogens with one attached hydrogen (secondary N) is 1. The van der Waals surface area contributed by atoms with E-state index in [2.05, 4.69) is 10.2 Å². The molecule has 168 valence electrons. The number of anilines is 1. The summed E-state index contributed by atoms with van der Waals surface area (Å²) < 4.78 is 2.34. The maximum absolute atomic E-state index is 13.3. The van der Waals surface area contributed by atoms with Gasteiger partial charge in [-0.05, 0) is 54.1 Å². The van der Waals surface area contributed by atoms with Crippen LogP contribution in [0, 0.1) is 5.92 Å². The molecule has 0 unspecified atom stereocenters. The topological polar surface area (TPSA) is 67.2 Å². The number of thiophene rings is 1. The number of benzene rings is 2. The quantitative estimate of drug-likeness (QED) is 0.454. The Hall–Kier alpha value is -3.16. The number of aromatic nitrogens is 2. The van der Waals surface area contributed by atoms with Crippen molar-refractivity contribution in [1.82, 2.24) is 14.9 Å². The third kappa shape index (κ3) is 4.51. The number of hydrogen-bond donors (Lipinski definition) is 1. The van der Waals surface area contributed by atoms with Gasteiger partial charge in [-0.3, -0.25) is 9.59 Å². The number of para-hydroxylation sites is 1. The van der Waals surface area contributed by atoms with Gasteiger partial charge in [0.25, 0.3) is 5.56 Å². The maximum Gasteiger partial charge on any atom is 0.277 e. The first-order valence-electron chi connectivity index (χ1n) is 10.9. The minimum atomic E-state index is -0.0674. The van der Waals surface area contributed by atoms with Crippen molar-refractivity contribution >= 4 is 45.0 Å². The molecular weight excluding hydrogens is 456 g/mol. The Morgan fingerprint density at radius 1 is 1.09 bits per heavy atom. The number of halogens is 1. The van der Waals surface area contributed by atoms with Crippen LogP contribution in [0.15, 0.2) is 70.8 Å². The minimum absolute atomic E-state index is 0.0521. The lowest BCUT2D eigenvalue weighted by Crippen LogP contribution is -2.42. The largest absolute Gasteiger partial charge is 0.352 e. The van der Waals surface area contributed by atoms with E-state index in [-0.39, 0.29) is 17.4 Å². The number of rotatable bonds is 5. The Morgan fingerprint density at radius 2 is 1.88 bits per heavy atom. The highest BCUT2D eigenvalue weighted by Gasteiger charge is 2.28. The van der Waals surface area contributed by atoms with Crippen LogP contribution >= 0.6 is 22.9 Å². The van der Waals surface area contributed by atoms with Gasteiger partial charge in [0.1, 0.15) is 4.70 Å². The predicted octanol–water partition coefficient (Wildman–Crippen LogP) is 4.63. The lowest BCUT2D eigenvalue weighted by molar-refractivity contribution is -0.125. The maximum atomic E-state index is 13.3. The van der Waals surface area contributed by atoms with Crippen molar-refractivity contribution in [3.63, 3.8) is 0 Å². The Bertz CT molecular complexity index is 1340. The van der Waals surface area contributed by atoms with Crippen molar-refractivity contribution in [3.8, 4) is 5.69 Å². The van der Waals surface area contributed by atoms with Gasteiger partial charge in [0.15, 0.2) is 0 Å². The van der Waals surface area contributed by atoms with Crippen molar-refractivity contribution < 1.29 is 4.79 Å². The molecule has 1 aliphatic rings. The van der Waals surface area contributed by atoms with E-state index in [0.717, 1.165) is 11.3 Å². The molecule has 0 atom stereocenters. The van der Waals surface area contributed by atoms with Gasteiger partial charge in [-0.25, -0.2) is 9.55 Å². The first-order chi connectivity index (χ1) is 16.1. The van der Waals surface area contributed by atoms with Crippen LogP contribution in [-0.4, -0.2) is 28.5 Å². The second-order valence-electron chi connectivity index (χ2n) is 8.13. The number of carbonyl (C=O) groups excluding carboxylic acids is 1. The van der Waals surface area contributed by atoms with Gasteiger partial charge in [0.2, 0.25) is 11.9 Å². The fourth-order valence-corrected chi connectivity index (χ4v) is 5.22. The molecule has 4 aromatic rings. The van der Waals surface area contributed by atoms with Gasteiger partial charge in [-0.1, -0.05) is 41.9 Å². The average Bonchev–Trinajstić information content (AvgIpc) is 3.32. The van der Waals surface area contributed by atoms with Gasteiger partial charge in [-0.2, -0.15) is 0 Å². The summed E-state index contributed by atoms with van der Waals surface area (Å²) >= 11 is 7.44. The zero-order valence-corrected chi connectivity index (χ0v) is 19.5. The number of carbonyl (C=O) groups is 1. The van der Waals surface area contributed by atoms with Crippen LogP contribution in [0.1, 0.15) is 18.4 Å². The predicted molar refractivity (Wildman–Crippen MR) is 133 cm³/mol. The van der Waals surface area contributed by atoms with Crippen molar-refractivity contribution in [1.29, 1.82) is 0 Å². The second kappa shape index (κ2) is 9.37. The van der Waals surface area contributed by atoms with Crippen LogP contribution in [-0.2, 0) is 11.3 Å². The second-order valence-corrected chi connectivity index (χ2v) is 9.48. The first kappa shape index (κ1) is 21.7. The van der Waals surface area contributed by atoms with Gasteiger partial charge >= 0.3 is 0 Å². The van der Waals surface area contributed by atoms with E-state index in [1.807, 2.05) is 66.0 Å². The van der Waals surface area contributed by atoms with Crippen molar-refractivity contribution in [3.05, 3.63) is 87.0 Å². The van der Waals surface area contributed by atoms with Crippen LogP contribution in [0.5, 0.6) is 0 Å². The Kier molecular flexibility index (Phi) is 6.15. The van der Waals surface area contributed by atoms with E-state index in [0.29, 0.717) is 53.7 Å². The molecule has 1 amide bonds. The highest BCUT2D eigenvalue weighted by atomic mass is 35.5. The average molecular weight is 479 g/mol. The van der Waals surface area contributed by atoms with Gasteiger partial charge in [-0.15, -0.1) is 11.3 Å². The summed E-state index contributed by atoms with van der Waals surface area (Å²) in [6.07, 6.45) is 1.40. The zero-order valence-electron chi connectivity index (χ0n) is 17.9. The molecule has 5 rings (SSSR count). The fourth-order valence-electron chi connectivity index (χ4n) is 4.24. The SMILES string of the molecule is O=C(NCc1cccc(Cl)c1)C1CCN(c2nc3ccsc3c(=O)n2-c2ccccc2)CC1. The minimum Gasteiger partial charge on any atom is -0.352 e. The summed E-state index contributed by atoms with van der Waals surface area (Å²) in [6.45, 7) is 1.78. The smallest absolute Gasteiger partial charge is 0.277 e. The number of piperidine rings is 1. The number of nitrogens with zero attached hydrogens (tertiary/aromatic N) is 3. The van der Waals surface area contributed by atoms with Gasteiger partial charge in [0.05, 0.1) is 11.2 Å². The summed E-state index contributed by atoms with van der Waals surface area (Å²) in [6, 6.07) is 19.0. The van der Waals surface area contributed by atoms with E-state index in [1.165, 1.54) is 11.3 Å². The molecule has 1 aliphatic heterocycles. The van der Waals surface area contributed by atoms with Crippen molar-refractivity contribution in [2.45, 2.75) is 19.4 Å². The normalized spacial score (nSPS) is 14.5. The Morgan fingerprint density at radius 3 is 2.64 bits per heavy atom. The van der Waals surface area contributed by atoms with Crippen LogP contribution < -0.4 is 15.8 Å². The molecule has 2 aromatic heterocycles. The molecule has 3 heterocycles. The van der Waals surface area contributed by atoms with E-state index in [4.69, 9.17) is 16.6 Å². The summed E-state index contributed by atoms with van der Waals surface area (Å²) in [5.41, 5.74) is 2.43. The summed E-state index contributed by atoms with van der Waals surface area (Å²) in [5, 5.41) is 5.59. The molecule has 0 aliphatic carbocycles. The van der Waals surface area contributed by atoms with E-state index < -0.39 is 0 Å². The summed E-state index contributed by atoms with van der Waals surface area (Å²) in [7, 11) is 0. The standard InChI is InChI=1S/C25H23ClN4O2S/c26-19-6-4-5-17(15-19)16-27-23(31)18-9-12-29(13-10-18)25-28-21-11-14-33-22(21)24(32)30(25)20-7-2-1-3-8-20/h1-8,11,14-15,18H,9-10,12-13,16H2,(H,27,31). The van der Waals surface area contributed by atoms with Gasteiger partial charge < -0.3 is 10.2 Å². The molecular formula is C25H23ClN4O2S. The molecule has 1 saturated heterocycles. The van der Waals surface area contributed by atoms with Crippen LogP contribution in [0.3, 0.4) is 0 Å². The molecule has 8 heteroatoms. The molecule has 33 heavy (non-hydrogen) atoms. The van der Waals surface area contributed by atoms with Crippen molar-refractivity contribution in [2.75, 3.05) is 18.0 Å². The van der Waals surface area contributed by atoms with Crippen molar-refractivity contribution in [2.24, 2.45) is 5.92 Å². The number of hydrogen-bond acceptors (Lipinski definition) is 5. The molecule has 1 fully saturated rings. The number of fused-ring (bicyclic) bond motifs is 1. The van der Waals surface area contributed by atoms with Gasteiger partial charge in [0, 0.05) is 30.6 Å². The van der Waals surface area contributed by atoms with Crippen LogP contribution in [0.2, 0.25) is 5.02 Å². The summed E-state index contributed by atoms with van der Waals surface area (Å²) in [4.78, 5) is 33.0. The molecule has 0 bridgehead atoms. The summed E-state index contributed by atoms with van der Waals surface area (Å²) in [5.74, 6) is 0.619. The monoisotopic (exact) mass is 478 g/mol. The highest BCUT2D eigenvalue weighted by molar-refractivity contribution is 7.17. The molecule has 2 aromatic carbocycles. The molecule has 0 radical (unpaired) electrons. The fraction of sp³-hybridized carbons (Fsp3) is 0.240. The van der Waals surface area contributed by atoms with Crippen LogP contribution in [0.4, 0.5) is 5.95 Å². The van der Waals surface area contributed by atoms with E-state index >= 15 is 0 Å². The Labute approximate surface area is 200 Å². The van der Waals surface area contributed by atoms with Crippen LogP contribution in [0.25, 0.3) is 15.9 Å². The lowest BCUT2D eigenvalue weighted by Gasteiger charge is -2.33. The third-order valence-electron chi connectivity index (χ3n) is 5.98. The molecule has 0 spiro atoms. The number of amides is 1. The zero-order chi connectivity index (χ0) is 22.8. The Balaban J connectivity index is 1.33. The molecule has 1 N–H and O–H groups in total. The highest BCUT2D eigenvalue weighted by Crippen LogP contribution is 2.26. The first-order valence-corrected chi connectivity index (χ1v) is 12.2. The lowest BCUT2D eigenvalue weighted by atomic mass is 9.96. The third-order valence-corrected chi connectivity index (χ3v) is 7.11.